The number of rotatable bonds is 7. The largest absolute Gasteiger partial charge is 0.311 e. The molecule has 0 aromatic heterocycles. The van der Waals surface area contributed by atoms with E-state index in [1.54, 1.807) is 0 Å². The van der Waals surface area contributed by atoms with E-state index in [0.717, 1.165) is 18.5 Å². The molecule has 1 aliphatic carbocycles. The lowest BCUT2D eigenvalue weighted by atomic mass is 9.65. The summed E-state index contributed by atoms with van der Waals surface area (Å²) in [4.78, 5) is 2.36. The normalized spacial score (nSPS) is 13.1. The number of nitrogens with zero attached hydrogens (tertiary/aromatic N) is 1. The van der Waals surface area contributed by atoms with Crippen LogP contribution >= 0.6 is 0 Å². The van der Waals surface area contributed by atoms with E-state index in [9.17, 15) is 0 Å². The van der Waals surface area contributed by atoms with Gasteiger partial charge in [-0.3, -0.25) is 0 Å². The van der Waals surface area contributed by atoms with Gasteiger partial charge in [-0.2, -0.15) is 0 Å². The van der Waals surface area contributed by atoms with Crippen LogP contribution in [0.25, 0.3) is 0 Å². The molecule has 0 bridgehead atoms. The summed E-state index contributed by atoms with van der Waals surface area (Å²) in [7, 11) is 0. The Balaban J connectivity index is 1.55. The van der Waals surface area contributed by atoms with Gasteiger partial charge in [-0.05, 0) is 65.4 Å². The monoisotopic (exact) mass is 489 g/mol. The molecule has 5 aromatic carbocycles. The predicted octanol–water partition coefficient (Wildman–Crippen LogP) is 9.44. The van der Waals surface area contributed by atoms with Crippen LogP contribution in [-0.2, 0) is 5.41 Å². The molecule has 0 fully saturated rings. The van der Waals surface area contributed by atoms with Gasteiger partial charge in [0.25, 0.3) is 0 Å². The minimum absolute atomic E-state index is 0.441. The lowest BCUT2D eigenvalue weighted by molar-refractivity contribution is 0.745. The number of allylic oxidation sites excluding steroid dienone is 3. The maximum atomic E-state index is 2.36. The molecule has 5 aromatic rings. The summed E-state index contributed by atoms with van der Waals surface area (Å²) in [5, 5.41) is 0. The quantitative estimate of drug-likeness (QED) is 0.206. The highest BCUT2D eigenvalue weighted by Crippen LogP contribution is 2.45. The van der Waals surface area contributed by atoms with E-state index < -0.39 is 5.41 Å². The first-order valence-electron chi connectivity index (χ1n) is 13.4. The predicted molar refractivity (Wildman–Crippen MR) is 160 cm³/mol. The molecule has 6 rings (SSSR count). The Morgan fingerprint density at radius 2 is 0.842 bits per heavy atom. The number of anilines is 2. The second kappa shape index (κ2) is 10.8. The second-order valence-electron chi connectivity index (χ2n) is 9.67. The average Bonchev–Trinajstić information content (AvgIpc) is 3.01. The summed E-state index contributed by atoms with van der Waals surface area (Å²) in [5.41, 5.74) is 8.10. The third-order valence-corrected chi connectivity index (χ3v) is 7.43. The van der Waals surface area contributed by atoms with Crippen molar-refractivity contribution in [3.63, 3.8) is 0 Å². The highest BCUT2D eigenvalue weighted by molar-refractivity contribution is 5.71. The first-order valence-corrected chi connectivity index (χ1v) is 13.4. The number of hydrogen-bond acceptors (Lipinski definition) is 1. The molecule has 38 heavy (non-hydrogen) atoms. The fraction of sp³-hybridized carbons (Fsp3) is 0.0811. The fourth-order valence-electron chi connectivity index (χ4n) is 5.71. The minimum Gasteiger partial charge on any atom is -0.311 e. The van der Waals surface area contributed by atoms with Crippen LogP contribution in [0.2, 0.25) is 0 Å². The summed E-state index contributed by atoms with van der Waals surface area (Å²) >= 11 is 0. The van der Waals surface area contributed by atoms with E-state index in [2.05, 4.69) is 169 Å². The van der Waals surface area contributed by atoms with Crippen LogP contribution in [0.1, 0.15) is 35.1 Å². The maximum Gasteiger partial charge on any atom is 0.0701 e. The van der Waals surface area contributed by atoms with Crippen molar-refractivity contribution in [3.8, 4) is 0 Å². The zero-order valence-corrected chi connectivity index (χ0v) is 21.4. The molecule has 1 nitrogen and oxygen atoms in total. The first kappa shape index (κ1) is 23.8. The molecule has 0 unspecified atom stereocenters. The Hall–Kier alpha value is -4.62. The van der Waals surface area contributed by atoms with Gasteiger partial charge in [-0.1, -0.05) is 133 Å². The molecule has 0 radical (unpaired) electrons. The van der Waals surface area contributed by atoms with Crippen LogP contribution in [0.15, 0.2) is 170 Å². The molecule has 0 spiro atoms. The second-order valence-corrected chi connectivity index (χ2v) is 9.67. The van der Waals surface area contributed by atoms with Crippen LogP contribution in [0.5, 0.6) is 0 Å². The highest BCUT2D eigenvalue weighted by Gasteiger charge is 2.38. The van der Waals surface area contributed by atoms with Gasteiger partial charge >= 0.3 is 0 Å². The summed E-state index contributed by atoms with van der Waals surface area (Å²) in [6.07, 6.45) is 9.01. The lowest BCUT2D eigenvalue weighted by Crippen LogP contribution is -2.31. The van der Waals surface area contributed by atoms with Gasteiger partial charge in [0, 0.05) is 17.1 Å². The summed E-state index contributed by atoms with van der Waals surface area (Å²) in [6.45, 7) is 0. The Morgan fingerprint density at radius 3 is 1.29 bits per heavy atom. The number of hydrogen-bond donors (Lipinski definition) is 0. The van der Waals surface area contributed by atoms with E-state index in [4.69, 9.17) is 0 Å². The van der Waals surface area contributed by atoms with Gasteiger partial charge in [-0.15, -0.1) is 0 Å². The number of benzene rings is 5. The van der Waals surface area contributed by atoms with Crippen molar-refractivity contribution in [1.82, 2.24) is 0 Å². The molecule has 0 atom stereocenters. The molecule has 0 amide bonds. The van der Waals surface area contributed by atoms with Crippen molar-refractivity contribution in [2.45, 2.75) is 18.3 Å². The van der Waals surface area contributed by atoms with Crippen molar-refractivity contribution in [3.05, 3.63) is 192 Å². The van der Waals surface area contributed by atoms with Gasteiger partial charge in [0.15, 0.2) is 0 Å². The molecule has 0 aliphatic heterocycles. The molecule has 0 saturated heterocycles. The molecule has 1 aliphatic rings. The van der Waals surface area contributed by atoms with E-state index in [-0.39, 0.29) is 0 Å². The maximum absolute atomic E-state index is 2.36. The Labute approximate surface area is 226 Å². The minimum atomic E-state index is -0.441. The Bertz CT molecular complexity index is 1420. The van der Waals surface area contributed by atoms with Crippen LogP contribution in [-0.4, -0.2) is 0 Å². The molecule has 0 heterocycles. The third-order valence-electron chi connectivity index (χ3n) is 7.43. The van der Waals surface area contributed by atoms with E-state index in [0.29, 0.717) is 0 Å². The molecule has 0 saturated carbocycles. The van der Waals surface area contributed by atoms with Crippen LogP contribution in [0.4, 0.5) is 11.4 Å². The Morgan fingerprint density at radius 1 is 0.421 bits per heavy atom. The van der Waals surface area contributed by atoms with Gasteiger partial charge in [0.1, 0.15) is 0 Å². The molecule has 0 N–H and O–H groups in total. The standard InChI is InChI=1S/C37H31N/c1-6-16-30(17-7-1)37(31-18-8-2-9-19-31,32-20-10-3-11-21-32)33-26-28-36(29-27-33)38(34-22-12-4-13-23-34)35-24-14-5-15-25-35/h1-4,6-14,16-29H,5,15H2. The van der Waals surface area contributed by atoms with Crippen molar-refractivity contribution in [2.24, 2.45) is 0 Å². The molecule has 184 valence electrons. The summed E-state index contributed by atoms with van der Waals surface area (Å²) in [6, 6.07) is 52.5. The van der Waals surface area contributed by atoms with Crippen LogP contribution < -0.4 is 4.90 Å². The molecular formula is C37H31N. The molecular weight excluding hydrogens is 458 g/mol. The van der Waals surface area contributed by atoms with E-state index in [1.807, 2.05) is 0 Å². The van der Waals surface area contributed by atoms with Crippen LogP contribution in [0.3, 0.4) is 0 Å². The van der Waals surface area contributed by atoms with Gasteiger partial charge in [-0.25, -0.2) is 0 Å². The number of para-hydroxylation sites is 1. The fourth-order valence-corrected chi connectivity index (χ4v) is 5.71. The molecule has 1 heteroatoms. The zero-order chi connectivity index (χ0) is 25.6. The van der Waals surface area contributed by atoms with Gasteiger partial charge in [0.05, 0.1) is 5.41 Å². The van der Waals surface area contributed by atoms with Gasteiger partial charge in [0.2, 0.25) is 0 Å². The van der Waals surface area contributed by atoms with E-state index >= 15 is 0 Å². The topological polar surface area (TPSA) is 3.24 Å². The van der Waals surface area contributed by atoms with Crippen LogP contribution in [0, 0.1) is 0 Å². The Kier molecular flexibility index (Phi) is 6.74. The van der Waals surface area contributed by atoms with Crippen molar-refractivity contribution in [1.29, 1.82) is 0 Å². The van der Waals surface area contributed by atoms with Gasteiger partial charge < -0.3 is 4.90 Å². The zero-order valence-electron chi connectivity index (χ0n) is 21.4. The smallest absolute Gasteiger partial charge is 0.0701 e. The van der Waals surface area contributed by atoms with Crippen molar-refractivity contribution < 1.29 is 0 Å². The SMILES string of the molecule is C1=CC(N(c2ccccc2)c2ccc(C(c3ccccc3)(c3ccccc3)c3ccccc3)cc2)=CCC1. The summed E-state index contributed by atoms with van der Waals surface area (Å²) in [5.74, 6) is 0. The van der Waals surface area contributed by atoms with Crippen molar-refractivity contribution in [2.75, 3.05) is 4.90 Å². The third kappa shape index (κ3) is 4.37. The van der Waals surface area contributed by atoms with E-state index in [1.165, 1.54) is 33.6 Å². The summed E-state index contributed by atoms with van der Waals surface area (Å²) < 4.78 is 0. The lowest BCUT2D eigenvalue weighted by Gasteiger charge is -2.37. The first-order chi connectivity index (χ1) is 18.9. The van der Waals surface area contributed by atoms with Crippen molar-refractivity contribution >= 4 is 11.4 Å². The average molecular weight is 490 g/mol. The highest BCUT2D eigenvalue weighted by atomic mass is 15.1.